The fourth-order valence-corrected chi connectivity index (χ4v) is 8.24. The fourth-order valence-electron chi connectivity index (χ4n) is 6.61. The highest BCUT2D eigenvalue weighted by molar-refractivity contribution is 8.01. The number of carboxylic acid groups (broad SMARTS) is 1. The van der Waals surface area contributed by atoms with E-state index in [0.717, 1.165) is 4.90 Å². The van der Waals surface area contributed by atoms with Crippen molar-refractivity contribution in [1.82, 2.24) is 31.7 Å². The van der Waals surface area contributed by atoms with Crippen molar-refractivity contribution in [1.29, 1.82) is 0 Å². The first-order valence-electron chi connectivity index (χ1n) is 23.0. The Kier molecular flexibility index (Phi) is 32.2. The average Bonchev–Trinajstić information content (AvgIpc) is 3.97. The molecule has 0 aromatic rings. The Hall–Kier alpha value is -3.61. The van der Waals surface area contributed by atoms with Gasteiger partial charge in [-0.15, -0.1) is 11.8 Å². The third-order valence-electron chi connectivity index (χ3n) is 10.00. The summed E-state index contributed by atoms with van der Waals surface area (Å²) in [6.07, 6.45) is 2.96. The molecule has 3 rings (SSSR count). The number of nitrogens with zero attached hydrogens (tertiary/aromatic N) is 1. The Morgan fingerprint density at radius 2 is 1.10 bits per heavy atom. The molecule has 0 saturated carbocycles. The van der Waals surface area contributed by atoms with E-state index in [0.29, 0.717) is 164 Å². The van der Waals surface area contributed by atoms with Gasteiger partial charge in [0.25, 0.3) is 11.8 Å². The molecule has 3 aliphatic heterocycles. The standard InChI is InChI=1S/C42H73N7O18S/c43-34(46-40(55)42(7-2-1-3-38(53)54)39-33(32-68-42)45-41(56)47-39)31-67-30-29-66-28-27-65-26-25-64-24-23-63-22-21-62-20-19-61-18-17-60-16-15-59-14-13-58-12-11-57-10-8-44-48-35(50)6-9-49-36(51)4-5-37(49)52/h4-5,33-34,39,44H,1-3,6-32,43H2,(H,46,55)(H,48,50)(H,53,54)(H2,45,47,56)/t33-,34?,39-,42-/m0/s1. The molecule has 0 aliphatic carbocycles. The van der Waals surface area contributed by atoms with E-state index in [2.05, 4.69) is 26.8 Å². The number of fused-ring (bicyclic) bond motifs is 1. The Balaban J connectivity index is 0.952. The number of ether oxygens (including phenoxy) is 11. The van der Waals surface area contributed by atoms with E-state index in [4.69, 9.17) is 62.9 Å². The maximum absolute atomic E-state index is 13.4. The first-order valence-corrected chi connectivity index (χ1v) is 24.0. The Bertz CT molecular complexity index is 1470. The van der Waals surface area contributed by atoms with Crippen LogP contribution in [-0.4, -0.2) is 233 Å². The summed E-state index contributed by atoms with van der Waals surface area (Å²) in [7, 11) is 0. The topological polar surface area (TPSA) is 314 Å². The fraction of sp³-hybridized carbons (Fsp3) is 0.810. The van der Waals surface area contributed by atoms with Gasteiger partial charge in [0.2, 0.25) is 11.8 Å². The van der Waals surface area contributed by atoms with Crippen molar-refractivity contribution in [3.05, 3.63) is 12.2 Å². The van der Waals surface area contributed by atoms with Gasteiger partial charge in [-0.25, -0.2) is 10.2 Å². The molecule has 25 nitrogen and oxygen atoms in total. The number of hydrogen-bond donors (Lipinski definition) is 7. The van der Waals surface area contributed by atoms with E-state index in [-0.39, 0.29) is 56.5 Å². The number of nitrogens with one attached hydrogen (secondary N) is 5. The number of aliphatic carboxylic acids is 1. The number of carboxylic acids is 1. The van der Waals surface area contributed by atoms with Gasteiger partial charge in [0.1, 0.15) is 10.9 Å². The second-order valence-electron chi connectivity index (χ2n) is 15.2. The lowest BCUT2D eigenvalue weighted by Gasteiger charge is -2.33. The van der Waals surface area contributed by atoms with Crippen LogP contribution in [0.15, 0.2) is 12.2 Å². The van der Waals surface area contributed by atoms with Crippen LogP contribution in [0.5, 0.6) is 0 Å². The van der Waals surface area contributed by atoms with Crippen LogP contribution in [0.3, 0.4) is 0 Å². The number of urea groups is 1. The lowest BCUT2D eigenvalue weighted by Crippen LogP contribution is -2.59. The number of carbonyl (C=O) groups is 6. The zero-order chi connectivity index (χ0) is 48.9. The maximum Gasteiger partial charge on any atom is 0.315 e. The minimum absolute atomic E-state index is 0.00280. The summed E-state index contributed by atoms with van der Waals surface area (Å²) >= 11 is 1.45. The van der Waals surface area contributed by atoms with Crippen molar-refractivity contribution in [2.45, 2.75) is 55.1 Å². The largest absolute Gasteiger partial charge is 0.481 e. The van der Waals surface area contributed by atoms with Gasteiger partial charge in [-0.2, -0.15) is 0 Å². The normalized spacial score (nSPS) is 19.1. The number of imide groups is 1. The molecule has 390 valence electrons. The molecule has 0 aromatic heterocycles. The van der Waals surface area contributed by atoms with Crippen molar-refractivity contribution in [3.63, 3.8) is 0 Å². The van der Waals surface area contributed by atoms with Crippen LogP contribution in [0.4, 0.5) is 4.79 Å². The molecular weight excluding hydrogens is 923 g/mol. The van der Waals surface area contributed by atoms with E-state index in [1.165, 1.54) is 23.9 Å². The van der Waals surface area contributed by atoms with E-state index < -0.39 is 34.7 Å². The number of carbonyl (C=O) groups excluding carboxylic acids is 5. The first-order chi connectivity index (χ1) is 33.1. The molecule has 68 heavy (non-hydrogen) atoms. The van der Waals surface area contributed by atoms with Gasteiger partial charge < -0.3 is 78.9 Å². The molecule has 0 aromatic carbocycles. The summed E-state index contributed by atoms with van der Waals surface area (Å²) in [6.45, 7) is 9.08. The molecular formula is C42H73N7O18S. The van der Waals surface area contributed by atoms with Crippen molar-refractivity contribution < 1.29 is 86.0 Å². The lowest BCUT2D eigenvalue weighted by atomic mass is 9.88. The van der Waals surface area contributed by atoms with Crippen LogP contribution in [0.2, 0.25) is 0 Å². The summed E-state index contributed by atoms with van der Waals surface area (Å²) < 4.78 is 59.4. The Morgan fingerprint density at radius 1 is 0.662 bits per heavy atom. The summed E-state index contributed by atoms with van der Waals surface area (Å²) in [5, 5.41) is 17.5. The van der Waals surface area contributed by atoms with Gasteiger partial charge in [-0.1, -0.05) is 6.42 Å². The lowest BCUT2D eigenvalue weighted by molar-refractivity contribution is -0.138. The van der Waals surface area contributed by atoms with Gasteiger partial charge in [-0.05, 0) is 12.8 Å². The molecule has 4 atom stereocenters. The van der Waals surface area contributed by atoms with Crippen LogP contribution in [-0.2, 0) is 76.1 Å². The maximum atomic E-state index is 13.4. The molecule has 0 spiro atoms. The molecule has 1 unspecified atom stereocenters. The highest BCUT2D eigenvalue weighted by atomic mass is 32.2. The van der Waals surface area contributed by atoms with Crippen molar-refractivity contribution >= 4 is 47.4 Å². The van der Waals surface area contributed by atoms with Crippen LogP contribution >= 0.6 is 11.8 Å². The van der Waals surface area contributed by atoms with Crippen molar-refractivity contribution in [2.75, 3.05) is 164 Å². The molecule has 3 heterocycles. The molecule has 2 fully saturated rings. The van der Waals surface area contributed by atoms with E-state index in [9.17, 15) is 28.8 Å². The minimum Gasteiger partial charge on any atom is -0.481 e. The number of unbranched alkanes of at least 4 members (excludes halogenated alkanes) is 1. The first kappa shape index (κ1) is 58.7. The quantitative estimate of drug-likeness (QED) is 0.0111. The van der Waals surface area contributed by atoms with Gasteiger partial charge in [-0.3, -0.25) is 34.3 Å². The van der Waals surface area contributed by atoms with Gasteiger partial charge >= 0.3 is 12.0 Å². The highest BCUT2D eigenvalue weighted by Crippen LogP contribution is 2.44. The third-order valence-corrected chi connectivity index (χ3v) is 11.7. The predicted molar refractivity (Wildman–Crippen MR) is 242 cm³/mol. The van der Waals surface area contributed by atoms with Gasteiger partial charge in [0.05, 0.1) is 157 Å². The minimum atomic E-state index is -0.952. The zero-order valence-electron chi connectivity index (χ0n) is 38.9. The number of hydrogen-bond acceptors (Lipinski definition) is 20. The molecule has 0 bridgehead atoms. The van der Waals surface area contributed by atoms with E-state index >= 15 is 0 Å². The molecule has 0 radical (unpaired) electrons. The van der Waals surface area contributed by atoms with E-state index in [1.807, 2.05) is 0 Å². The van der Waals surface area contributed by atoms with Crippen LogP contribution in [0.1, 0.15) is 32.1 Å². The SMILES string of the molecule is NC(COCCOCCOCCOCCOCCOCCOCCOCCOCCOCCOCCNNC(=O)CCN1C(=O)C=CC1=O)NC(=O)[C@@]1(CCCCC(=O)O)SC[C@@H]2NC(=O)N[C@@H]21. The summed E-state index contributed by atoms with van der Waals surface area (Å²) in [5.74, 6) is -1.80. The second kappa shape index (κ2) is 37.2. The zero-order valence-corrected chi connectivity index (χ0v) is 39.7. The molecule has 6 amide bonds. The van der Waals surface area contributed by atoms with Gasteiger partial charge in [0, 0.05) is 43.8 Å². The highest BCUT2D eigenvalue weighted by Gasteiger charge is 2.57. The number of rotatable bonds is 46. The molecule has 26 heteroatoms. The predicted octanol–water partition coefficient (Wildman–Crippen LogP) is -2.31. The number of amides is 6. The molecule has 3 aliphatic rings. The average molecular weight is 996 g/mol. The van der Waals surface area contributed by atoms with Crippen molar-refractivity contribution in [3.8, 4) is 0 Å². The number of hydrazine groups is 1. The van der Waals surface area contributed by atoms with Crippen LogP contribution in [0, 0.1) is 0 Å². The summed E-state index contributed by atoms with van der Waals surface area (Å²) in [5.41, 5.74) is 11.4. The summed E-state index contributed by atoms with van der Waals surface area (Å²) in [6, 6.07) is -0.928. The second-order valence-corrected chi connectivity index (χ2v) is 16.5. The van der Waals surface area contributed by atoms with Crippen LogP contribution < -0.4 is 32.5 Å². The van der Waals surface area contributed by atoms with E-state index in [1.54, 1.807) is 0 Å². The monoisotopic (exact) mass is 995 g/mol. The number of thioether (sulfide) groups is 1. The third kappa shape index (κ3) is 25.8. The number of nitrogens with two attached hydrogens (primary N) is 1. The Labute approximate surface area is 401 Å². The van der Waals surface area contributed by atoms with Gasteiger partial charge in [0.15, 0.2) is 0 Å². The summed E-state index contributed by atoms with van der Waals surface area (Å²) in [4.78, 5) is 72.1. The smallest absolute Gasteiger partial charge is 0.315 e. The molecule has 2 saturated heterocycles. The molecule has 8 N–H and O–H groups in total. The Morgan fingerprint density at radius 3 is 1.56 bits per heavy atom. The van der Waals surface area contributed by atoms with Crippen molar-refractivity contribution in [2.24, 2.45) is 5.73 Å². The van der Waals surface area contributed by atoms with Crippen LogP contribution in [0.25, 0.3) is 0 Å².